The molecule has 0 saturated heterocycles. The fourth-order valence-electron chi connectivity index (χ4n) is 2.35. The number of halogens is 3. The summed E-state index contributed by atoms with van der Waals surface area (Å²) >= 11 is 14.0. The van der Waals surface area contributed by atoms with Gasteiger partial charge in [-0.2, -0.15) is 0 Å². The molecule has 2 aromatic rings. The molecule has 1 aliphatic heterocycles. The average Bonchev–Trinajstić information content (AvgIpc) is 2.92. The zero-order valence-electron chi connectivity index (χ0n) is 13.4. The number of ether oxygens (including phenoxy) is 2. The molecule has 1 aliphatic rings. The van der Waals surface area contributed by atoms with Crippen molar-refractivity contribution in [2.75, 3.05) is 0 Å². The Morgan fingerprint density at radius 1 is 1.15 bits per heavy atom. The first kappa shape index (κ1) is 18.9. The van der Waals surface area contributed by atoms with Gasteiger partial charge in [-0.1, -0.05) is 23.2 Å². The number of rotatable bonds is 3. The zero-order chi connectivity index (χ0) is 18.8. The van der Waals surface area contributed by atoms with Gasteiger partial charge in [0, 0.05) is 28.1 Å². The molecule has 0 bridgehead atoms. The molecule has 0 aromatic heterocycles. The van der Waals surface area contributed by atoms with E-state index < -0.39 is 11.9 Å². The van der Waals surface area contributed by atoms with Gasteiger partial charge in [0.15, 0.2) is 5.75 Å². The lowest BCUT2D eigenvalue weighted by Crippen LogP contribution is -2.05. The zero-order valence-corrected chi connectivity index (χ0v) is 17.1. The van der Waals surface area contributed by atoms with Gasteiger partial charge in [-0.3, -0.25) is 4.79 Å². The van der Waals surface area contributed by atoms with Gasteiger partial charge in [-0.15, -0.1) is 0 Å². The Balaban J connectivity index is 2.03. The predicted molar refractivity (Wildman–Crippen MR) is 109 cm³/mol. The van der Waals surface area contributed by atoms with E-state index in [-0.39, 0.29) is 0 Å². The van der Waals surface area contributed by atoms with Crippen LogP contribution in [0.4, 0.5) is 0 Å². The standard InChI is InChI=1S/C19H11Cl2IO4/c1-10(23)25-18-12(7-15(21)9-16(18)22)6-13-8-17(26-19(13)24)11-2-4-14(20)5-3-11/h2-9H,1H3/b13-6+. The van der Waals surface area contributed by atoms with E-state index in [1.807, 2.05) is 22.6 Å². The molecule has 0 spiro atoms. The van der Waals surface area contributed by atoms with Crippen molar-refractivity contribution >= 4 is 69.6 Å². The lowest BCUT2D eigenvalue weighted by molar-refractivity contribution is -0.132. The van der Waals surface area contributed by atoms with Gasteiger partial charge in [0.05, 0.1) is 9.14 Å². The van der Waals surface area contributed by atoms with Crippen molar-refractivity contribution in [1.29, 1.82) is 0 Å². The summed E-state index contributed by atoms with van der Waals surface area (Å²) in [6, 6.07) is 10.2. The molecule has 0 radical (unpaired) electrons. The molecule has 0 saturated carbocycles. The monoisotopic (exact) mass is 500 g/mol. The molecule has 0 unspecified atom stereocenters. The van der Waals surface area contributed by atoms with Crippen LogP contribution in [0.25, 0.3) is 11.8 Å². The number of cyclic esters (lactones) is 1. The van der Waals surface area contributed by atoms with Gasteiger partial charge in [0.2, 0.25) is 0 Å². The van der Waals surface area contributed by atoms with E-state index in [0.29, 0.717) is 36.3 Å². The van der Waals surface area contributed by atoms with Crippen LogP contribution in [0.15, 0.2) is 48.0 Å². The van der Waals surface area contributed by atoms with Crippen molar-refractivity contribution in [2.45, 2.75) is 6.92 Å². The smallest absolute Gasteiger partial charge is 0.343 e. The summed E-state index contributed by atoms with van der Waals surface area (Å²) in [5.74, 6) is -0.199. The van der Waals surface area contributed by atoms with Crippen LogP contribution < -0.4 is 4.74 Å². The summed E-state index contributed by atoms with van der Waals surface area (Å²) in [6.07, 6.45) is 3.20. The van der Waals surface area contributed by atoms with E-state index >= 15 is 0 Å². The molecular weight excluding hydrogens is 490 g/mol. The van der Waals surface area contributed by atoms with Gasteiger partial charge >= 0.3 is 11.9 Å². The van der Waals surface area contributed by atoms with Crippen LogP contribution in [0.3, 0.4) is 0 Å². The number of carbonyl (C=O) groups excluding carboxylic acids is 2. The van der Waals surface area contributed by atoms with Crippen LogP contribution in [0.5, 0.6) is 5.75 Å². The molecule has 2 aromatic carbocycles. The second-order valence-corrected chi connectivity index (χ2v) is 7.44. The van der Waals surface area contributed by atoms with Gasteiger partial charge < -0.3 is 9.47 Å². The summed E-state index contributed by atoms with van der Waals surface area (Å²) in [5.41, 5.74) is 1.56. The minimum Gasteiger partial charge on any atom is -0.425 e. The topological polar surface area (TPSA) is 52.6 Å². The largest absolute Gasteiger partial charge is 0.425 e. The summed E-state index contributed by atoms with van der Waals surface area (Å²) in [7, 11) is 0. The van der Waals surface area contributed by atoms with Crippen LogP contribution in [-0.2, 0) is 14.3 Å². The normalized spacial score (nSPS) is 15.0. The Morgan fingerprint density at radius 2 is 1.85 bits per heavy atom. The molecule has 1 heterocycles. The third kappa shape index (κ3) is 4.28. The highest BCUT2D eigenvalue weighted by Gasteiger charge is 2.23. The highest BCUT2D eigenvalue weighted by Crippen LogP contribution is 2.34. The van der Waals surface area contributed by atoms with E-state index in [1.165, 1.54) is 6.92 Å². The van der Waals surface area contributed by atoms with Crippen molar-refractivity contribution in [1.82, 2.24) is 0 Å². The first-order chi connectivity index (χ1) is 12.3. The van der Waals surface area contributed by atoms with Crippen molar-refractivity contribution in [3.05, 3.63) is 72.8 Å². The lowest BCUT2D eigenvalue weighted by Gasteiger charge is -2.09. The summed E-state index contributed by atoms with van der Waals surface area (Å²) in [6.45, 7) is 1.31. The Morgan fingerprint density at radius 3 is 2.50 bits per heavy atom. The van der Waals surface area contributed by atoms with Crippen molar-refractivity contribution in [3.63, 3.8) is 0 Å². The summed E-state index contributed by atoms with van der Waals surface area (Å²) in [4.78, 5) is 23.6. The van der Waals surface area contributed by atoms with Gasteiger partial charge in [0.1, 0.15) is 5.76 Å². The molecule has 0 aliphatic carbocycles. The van der Waals surface area contributed by atoms with Crippen LogP contribution in [-0.4, -0.2) is 11.9 Å². The molecular formula is C19H11Cl2IO4. The number of hydrogen-bond donors (Lipinski definition) is 0. The van der Waals surface area contributed by atoms with E-state index in [1.54, 1.807) is 48.6 Å². The quantitative estimate of drug-likeness (QED) is 0.241. The first-order valence-electron chi connectivity index (χ1n) is 7.42. The predicted octanol–water partition coefficient (Wildman–Crippen LogP) is 5.50. The van der Waals surface area contributed by atoms with Gasteiger partial charge in [-0.05, 0) is 71.1 Å². The second kappa shape index (κ2) is 7.82. The van der Waals surface area contributed by atoms with Gasteiger partial charge in [-0.25, -0.2) is 4.79 Å². The molecule has 3 rings (SSSR count). The third-order valence-corrected chi connectivity index (χ3v) is 4.72. The molecule has 132 valence electrons. The summed E-state index contributed by atoms with van der Waals surface area (Å²) in [5, 5.41) is 1.05. The fourth-order valence-corrected chi connectivity index (χ4v) is 3.65. The third-order valence-electron chi connectivity index (χ3n) is 3.45. The van der Waals surface area contributed by atoms with E-state index in [2.05, 4.69) is 0 Å². The van der Waals surface area contributed by atoms with Crippen molar-refractivity contribution < 1.29 is 19.1 Å². The van der Waals surface area contributed by atoms with Crippen molar-refractivity contribution in [3.8, 4) is 5.75 Å². The Hall–Kier alpha value is -1.83. The van der Waals surface area contributed by atoms with Crippen LogP contribution >= 0.6 is 45.8 Å². The number of carbonyl (C=O) groups is 2. The van der Waals surface area contributed by atoms with Crippen LogP contribution in [0, 0.1) is 3.57 Å². The lowest BCUT2D eigenvalue weighted by atomic mass is 10.1. The molecule has 7 heteroatoms. The fraction of sp³-hybridized carbons (Fsp3) is 0.0526. The molecule has 0 fully saturated rings. The molecule has 0 amide bonds. The Bertz CT molecular complexity index is 962. The number of benzene rings is 2. The highest BCUT2D eigenvalue weighted by molar-refractivity contribution is 14.1. The molecule has 4 nitrogen and oxygen atoms in total. The van der Waals surface area contributed by atoms with E-state index in [0.717, 1.165) is 5.56 Å². The minimum absolute atomic E-state index is 0.321. The molecule has 0 N–H and O–H groups in total. The number of hydrogen-bond acceptors (Lipinski definition) is 4. The molecule has 0 atom stereocenters. The maximum Gasteiger partial charge on any atom is 0.343 e. The van der Waals surface area contributed by atoms with Gasteiger partial charge in [0.25, 0.3) is 0 Å². The van der Waals surface area contributed by atoms with E-state index in [9.17, 15) is 9.59 Å². The Labute approximate surface area is 173 Å². The number of esters is 2. The van der Waals surface area contributed by atoms with Crippen LogP contribution in [0.2, 0.25) is 10.0 Å². The average molecular weight is 501 g/mol. The summed E-state index contributed by atoms with van der Waals surface area (Å²) < 4.78 is 11.2. The Kier molecular flexibility index (Phi) is 5.70. The minimum atomic E-state index is -0.501. The molecule has 26 heavy (non-hydrogen) atoms. The maximum absolute atomic E-state index is 12.2. The first-order valence-corrected chi connectivity index (χ1v) is 9.26. The highest BCUT2D eigenvalue weighted by atomic mass is 127. The van der Waals surface area contributed by atoms with E-state index in [4.69, 9.17) is 32.7 Å². The second-order valence-electron chi connectivity index (χ2n) is 5.40. The van der Waals surface area contributed by atoms with Crippen molar-refractivity contribution in [2.24, 2.45) is 0 Å². The van der Waals surface area contributed by atoms with Crippen LogP contribution in [0.1, 0.15) is 18.1 Å². The SMILES string of the molecule is CC(=O)Oc1c(I)cc(Cl)cc1/C=C1\C=C(c2ccc(Cl)cc2)OC1=O. The maximum atomic E-state index is 12.2.